The summed E-state index contributed by atoms with van der Waals surface area (Å²) >= 11 is 0. The third kappa shape index (κ3) is 6.83. The third-order valence-electron chi connectivity index (χ3n) is 4.64. The lowest BCUT2D eigenvalue weighted by Gasteiger charge is -2.19. The molecule has 0 N–H and O–H groups in total. The van der Waals surface area contributed by atoms with Crippen LogP contribution in [0.5, 0.6) is 5.75 Å². The number of hydrogen-bond acceptors (Lipinski definition) is 3. The van der Waals surface area contributed by atoms with Crippen molar-refractivity contribution in [1.82, 2.24) is 0 Å². The first-order valence-corrected chi connectivity index (χ1v) is 9.16. The van der Waals surface area contributed by atoms with Crippen molar-refractivity contribution in [2.24, 2.45) is 5.41 Å². The van der Waals surface area contributed by atoms with E-state index in [1.807, 2.05) is 20.8 Å². The molecule has 0 spiro atoms. The van der Waals surface area contributed by atoms with Crippen LogP contribution in [-0.4, -0.2) is 12.3 Å². The number of ether oxygens (including phenoxy) is 1. The summed E-state index contributed by atoms with van der Waals surface area (Å²) in [6, 6.07) is 17.1. The molecule has 3 heteroatoms. The fourth-order valence-corrected chi connectivity index (χ4v) is 2.02. The highest BCUT2D eigenvalue weighted by atomic mass is 16.5. The molecular formula is C23H30O3. The maximum absolute atomic E-state index is 11.7. The monoisotopic (exact) mass is 354 g/mol. The molecule has 1 atom stereocenters. The second kappa shape index (κ2) is 10.5. The van der Waals surface area contributed by atoms with Gasteiger partial charge >= 0.3 is 5.97 Å². The van der Waals surface area contributed by atoms with Crippen molar-refractivity contribution < 1.29 is 14.3 Å². The molecule has 0 amide bonds. The van der Waals surface area contributed by atoms with E-state index in [1.165, 1.54) is 12.0 Å². The van der Waals surface area contributed by atoms with Gasteiger partial charge in [0.05, 0.1) is 5.41 Å². The lowest BCUT2D eigenvalue weighted by molar-refractivity contribution is -0.144. The average molecular weight is 354 g/mol. The summed E-state index contributed by atoms with van der Waals surface area (Å²) in [6.45, 7) is 10.1. The van der Waals surface area contributed by atoms with Gasteiger partial charge in [0, 0.05) is 5.56 Å². The van der Waals surface area contributed by atoms with Gasteiger partial charge in [-0.05, 0) is 62.4 Å². The van der Waals surface area contributed by atoms with E-state index >= 15 is 0 Å². The van der Waals surface area contributed by atoms with Gasteiger partial charge in [0.1, 0.15) is 12.0 Å². The molecule has 0 bridgehead atoms. The van der Waals surface area contributed by atoms with Gasteiger partial charge in [-0.1, -0.05) is 51.1 Å². The van der Waals surface area contributed by atoms with Crippen LogP contribution in [0.4, 0.5) is 0 Å². The molecule has 2 aromatic carbocycles. The zero-order chi connectivity index (χ0) is 19.6. The first-order chi connectivity index (χ1) is 12.3. The predicted octanol–water partition coefficient (Wildman–Crippen LogP) is 6.04. The molecule has 0 aromatic heterocycles. The third-order valence-corrected chi connectivity index (χ3v) is 4.64. The van der Waals surface area contributed by atoms with Crippen LogP contribution < -0.4 is 4.74 Å². The van der Waals surface area contributed by atoms with E-state index in [-0.39, 0.29) is 5.97 Å². The van der Waals surface area contributed by atoms with Crippen LogP contribution in [0.2, 0.25) is 0 Å². The SMILES string of the molecule is CCC(C)(C)C(=O)Oc1ccc(C=O)cc1.CCC(C)c1ccccc1. The topological polar surface area (TPSA) is 43.4 Å². The maximum Gasteiger partial charge on any atom is 0.316 e. The molecule has 0 saturated heterocycles. The second-order valence-electron chi connectivity index (χ2n) is 7.03. The Balaban J connectivity index is 0.000000289. The van der Waals surface area contributed by atoms with Gasteiger partial charge < -0.3 is 4.74 Å². The fourth-order valence-electron chi connectivity index (χ4n) is 2.02. The van der Waals surface area contributed by atoms with Crippen molar-refractivity contribution in [1.29, 1.82) is 0 Å². The zero-order valence-electron chi connectivity index (χ0n) is 16.5. The average Bonchev–Trinajstić information content (AvgIpc) is 2.69. The minimum Gasteiger partial charge on any atom is -0.426 e. The summed E-state index contributed by atoms with van der Waals surface area (Å²) in [4.78, 5) is 22.2. The van der Waals surface area contributed by atoms with Crippen molar-refractivity contribution in [2.45, 2.75) is 53.4 Å². The number of rotatable bonds is 6. The molecule has 1 unspecified atom stereocenters. The summed E-state index contributed by atoms with van der Waals surface area (Å²) in [5, 5.41) is 0. The Morgan fingerprint density at radius 2 is 1.62 bits per heavy atom. The van der Waals surface area contributed by atoms with Crippen molar-refractivity contribution in [3.63, 3.8) is 0 Å². The molecule has 140 valence electrons. The van der Waals surface area contributed by atoms with E-state index in [0.717, 1.165) is 12.7 Å². The van der Waals surface area contributed by atoms with Crippen LogP contribution in [0.3, 0.4) is 0 Å². The van der Waals surface area contributed by atoms with Gasteiger partial charge in [-0.15, -0.1) is 0 Å². The first-order valence-electron chi connectivity index (χ1n) is 9.16. The molecule has 0 fully saturated rings. The van der Waals surface area contributed by atoms with Gasteiger partial charge in [-0.2, -0.15) is 0 Å². The van der Waals surface area contributed by atoms with Crippen LogP contribution in [-0.2, 0) is 4.79 Å². The molecule has 0 heterocycles. The molecule has 2 aromatic rings. The number of esters is 1. The summed E-state index contributed by atoms with van der Waals surface area (Å²) in [6.07, 6.45) is 2.70. The Morgan fingerprint density at radius 3 is 2.08 bits per heavy atom. The normalized spacial score (nSPS) is 11.7. The highest BCUT2D eigenvalue weighted by molar-refractivity contribution is 5.79. The Hall–Kier alpha value is -2.42. The van der Waals surface area contributed by atoms with Gasteiger partial charge in [0.25, 0.3) is 0 Å². The molecule has 2 rings (SSSR count). The van der Waals surface area contributed by atoms with E-state index in [0.29, 0.717) is 17.2 Å². The number of aldehydes is 1. The van der Waals surface area contributed by atoms with E-state index < -0.39 is 5.41 Å². The zero-order valence-corrected chi connectivity index (χ0v) is 16.5. The van der Waals surface area contributed by atoms with Gasteiger partial charge in [-0.3, -0.25) is 9.59 Å². The van der Waals surface area contributed by atoms with E-state index in [2.05, 4.69) is 44.2 Å². The first kappa shape index (κ1) is 21.6. The van der Waals surface area contributed by atoms with Crippen LogP contribution in [0, 0.1) is 5.41 Å². The van der Waals surface area contributed by atoms with Crippen molar-refractivity contribution in [2.75, 3.05) is 0 Å². The summed E-state index contributed by atoms with van der Waals surface area (Å²) in [5.41, 5.74) is 1.53. The quantitative estimate of drug-likeness (QED) is 0.361. The highest BCUT2D eigenvalue weighted by Gasteiger charge is 2.27. The molecule has 3 nitrogen and oxygen atoms in total. The van der Waals surface area contributed by atoms with Crippen molar-refractivity contribution >= 4 is 12.3 Å². The van der Waals surface area contributed by atoms with Crippen molar-refractivity contribution in [3.8, 4) is 5.75 Å². The molecule has 0 radical (unpaired) electrons. The predicted molar refractivity (Wildman–Crippen MR) is 107 cm³/mol. The number of benzene rings is 2. The van der Waals surface area contributed by atoms with Crippen LogP contribution >= 0.6 is 0 Å². The Labute approximate surface area is 157 Å². The molecule has 0 saturated carbocycles. The largest absolute Gasteiger partial charge is 0.426 e. The maximum atomic E-state index is 11.7. The van der Waals surface area contributed by atoms with Gasteiger partial charge in [0.15, 0.2) is 0 Å². The van der Waals surface area contributed by atoms with Crippen LogP contribution in [0.25, 0.3) is 0 Å². The van der Waals surface area contributed by atoms with E-state index in [4.69, 9.17) is 4.74 Å². The smallest absolute Gasteiger partial charge is 0.316 e. The highest BCUT2D eigenvalue weighted by Crippen LogP contribution is 2.23. The van der Waals surface area contributed by atoms with Gasteiger partial charge in [-0.25, -0.2) is 0 Å². The molecule has 26 heavy (non-hydrogen) atoms. The molecule has 0 aliphatic carbocycles. The molecule has 0 aliphatic rings. The summed E-state index contributed by atoms with van der Waals surface area (Å²) < 4.78 is 5.21. The summed E-state index contributed by atoms with van der Waals surface area (Å²) in [5.74, 6) is 0.923. The second-order valence-corrected chi connectivity index (χ2v) is 7.03. The lowest BCUT2D eigenvalue weighted by atomic mass is 9.91. The van der Waals surface area contributed by atoms with Gasteiger partial charge in [0.2, 0.25) is 0 Å². The Morgan fingerprint density at radius 1 is 1.04 bits per heavy atom. The fraction of sp³-hybridized carbons (Fsp3) is 0.391. The molecular weight excluding hydrogens is 324 g/mol. The molecule has 0 aliphatic heterocycles. The minimum absolute atomic E-state index is 0.256. The van der Waals surface area contributed by atoms with E-state index in [9.17, 15) is 9.59 Å². The Kier molecular flexibility index (Phi) is 8.77. The minimum atomic E-state index is -0.483. The number of carbonyl (C=O) groups is 2. The van der Waals surface area contributed by atoms with Crippen LogP contribution in [0.15, 0.2) is 54.6 Å². The Bertz CT molecular complexity index is 672. The number of carbonyl (C=O) groups excluding carboxylic acids is 2. The lowest BCUT2D eigenvalue weighted by Crippen LogP contribution is -2.28. The van der Waals surface area contributed by atoms with Crippen molar-refractivity contribution in [3.05, 3.63) is 65.7 Å². The standard InChI is InChI=1S/C13H16O3.C10H14/c1-4-13(2,3)12(15)16-11-7-5-10(9-14)6-8-11;1-3-9(2)10-7-5-4-6-8-10/h5-9H,4H2,1-3H3;4-9H,3H2,1-2H3. The van der Waals surface area contributed by atoms with Crippen LogP contribution in [0.1, 0.15) is 69.3 Å². The van der Waals surface area contributed by atoms with E-state index in [1.54, 1.807) is 24.3 Å². The number of hydrogen-bond donors (Lipinski definition) is 0. The summed E-state index contributed by atoms with van der Waals surface area (Å²) in [7, 11) is 0.